The highest BCUT2D eigenvalue weighted by molar-refractivity contribution is 6.32. The minimum atomic E-state index is -0.00275. The maximum atomic E-state index is 12.5. The number of carbonyl (C=O) groups excluding carboxylic acids is 1. The van der Waals surface area contributed by atoms with Gasteiger partial charge in [-0.1, -0.05) is 23.2 Å². The van der Waals surface area contributed by atoms with Crippen molar-refractivity contribution in [2.24, 2.45) is 0 Å². The van der Waals surface area contributed by atoms with Crippen LogP contribution in [0.2, 0.25) is 10.0 Å². The van der Waals surface area contributed by atoms with E-state index in [0.717, 1.165) is 16.7 Å². The average Bonchev–Trinajstić information content (AvgIpc) is 2.36. The van der Waals surface area contributed by atoms with E-state index in [-0.39, 0.29) is 5.78 Å². The molecule has 2 aromatic carbocycles. The van der Waals surface area contributed by atoms with Crippen molar-refractivity contribution in [1.29, 1.82) is 0 Å². The molecule has 2 rings (SSSR count). The topological polar surface area (TPSA) is 17.1 Å². The first-order valence-corrected chi connectivity index (χ1v) is 6.73. The number of carbonyl (C=O) groups is 1. The summed E-state index contributed by atoms with van der Waals surface area (Å²) in [4.78, 5) is 12.5. The third-order valence-corrected chi connectivity index (χ3v) is 4.00. The number of aryl methyl sites for hydroxylation is 3. The molecule has 0 bridgehead atoms. The summed E-state index contributed by atoms with van der Waals surface area (Å²) in [6.07, 6.45) is 0. The fourth-order valence-electron chi connectivity index (χ4n) is 1.97. The van der Waals surface area contributed by atoms with Gasteiger partial charge in [0, 0.05) is 21.2 Å². The van der Waals surface area contributed by atoms with E-state index in [2.05, 4.69) is 0 Å². The maximum absolute atomic E-state index is 12.5. The smallest absolute Gasteiger partial charge is 0.193 e. The normalized spacial score (nSPS) is 10.6. The minimum absolute atomic E-state index is 0.00275. The Balaban J connectivity index is 2.49. The second-order valence-electron chi connectivity index (χ2n) is 4.71. The predicted molar refractivity (Wildman–Crippen MR) is 80.5 cm³/mol. The van der Waals surface area contributed by atoms with Crippen LogP contribution in [0.4, 0.5) is 0 Å². The number of ketones is 1. The fourth-order valence-corrected chi connectivity index (χ4v) is 2.30. The Bertz CT molecular complexity index is 660. The van der Waals surface area contributed by atoms with Gasteiger partial charge in [0.05, 0.1) is 0 Å². The van der Waals surface area contributed by atoms with Crippen LogP contribution in [0, 0.1) is 20.8 Å². The molecule has 0 saturated heterocycles. The lowest BCUT2D eigenvalue weighted by atomic mass is 9.96. The average molecular weight is 293 g/mol. The number of benzene rings is 2. The van der Waals surface area contributed by atoms with Gasteiger partial charge in [-0.3, -0.25) is 4.79 Å². The molecule has 0 radical (unpaired) electrons. The van der Waals surface area contributed by atoms with Crippen molar-refractivity contribution in [3.63, 3.8) is 0 Å². The van der Waals surface area contributed by atoms with Crippen molar-refractivity contribution in [1.82, 2.24) is 0 Å². The van der Waals surface area contributed by atoms with E-state index in [1.54, 1.807) is 12.1 Å². The van der Waals surface area contributed by atoms with Gasteiger partial charge in [0.2, 0.25) is 0 Å². The molecule has 1 nitrogen and oxygen atoms in total. The van der Waals surface area contributed by atoms with Gasteiger partial charge in [-0.25, -0.2) is 0 Å². The molecule has 0 aliphatic carbocycles. The summed E-state index contributed by atoms with van der Waals surface area (Å²) in [5.41, 5.74) is 4.01. The number of halogens is 2. The van der Waals surface area contributed by atoms with Crippen molar-refractivity contribution >= 4 is 29.0 Å². The first-order chi connectivity index (χ1) is 8.90. The van der Waals surface area contributed by atoms with Crippen LogP contribution in [0.1, 0.15) is 32.6 Å². The zero-order valence-corrected chi connectivity index (χ0v) is 12.6. The molecule has 3 heteroatoms. The highest BCUT2D eigenvalue weighted by atomic mass is 35.5. The van der Waals surface area contributed by atoms with Gasteiger partial charge < -0.3 is 0 Å². The van der Waals surface area contributed by atoms with E-state index in [4.69, 9.17) is 23.2 Å². The quantitative estimate of drug-likeness (QED) is 0.700. The van der Waals surface area contributed by atoms with Gasteiger partial charge in [-0.05, 0) is 67.8 Å². The molecule has 0 atom stereocenters. The first-order valence-electron chi connectivity index (χ1n) is 5.97. The highest BCUT2D eigenvalue weighted by Gasteiger charge is 2.14. The zero-order chi connectivity index (χ0) is 14.2. The van der Waals surface area contributed by atoms with E-state index in [9.17, 15) is 4.79 Å². The molecular weight excluding hydrogens is 279 g/mol. The third-order valence-electron chi connectivity index (χ3n) is 3.17. The summed E-state index contributed by atoms with van der Waals surface area (Å²) in [6.45, 7) is 5.67. The molecule has 0 heterocycles. The lowest BCUT2D eigenvalue weighted by Gasteiger charge is -2.09. The van der Waals surface area contributed by atoms with Gasteiger partial charge in [0.25, 0.3) is 0 Å². The van der Waals surface area contributed by atoms with Crippen molar-refractivity contribution in [3.05, 3.63) is 68.2 Å². The lowest BCUT2D eigenvalue weighted by Crippen LogP contribution is -2.05. The third kappa shape index (κ3) is 2.83. The SMILES string of the molecule is Cc1cc(C(=O)c2cc(C)c(Cl)cc2C)ccc1Cl. The van der Waals surface area contributed by atoms with Crippen LogP contribution in [-0.2, 0) is 0 Å². The van der Waals surface area contributed by atoms with Crippen LogP contribution >= 0.6 is 23.2 Å². The van der Waals surface area contributed by atoms with Crippen molar-refractivity contribution in [2.45, 2.75) is 20.8 Å². The van der Waals surface area contributed by atoms with Gasteiger partial charge in [-0.2, -0.15) is 0 Å². The van der Waals surface area contributed by atoms with Crippen LogP contribution in [0.5, 0.6) is 0 Å². The minimum Gasteiger partial charge on any atom is -0.289 e. The predicted octanol–water partition coefficient (Wildman–Crippen LogP) is 5.15. The van der Waals surface area contributed by atoms with E-state index in [1.165, 1.54) is 0 Å². The lowest BCUT2D eigenvalue weighted by molar-refractivity contribution is 0.103. The molecule has 0 aliphatic rings. The van der Waals surface area contributed by atoms with Gasteiger partial charge in [0.1, 0.15) is 0 Å². The Morgan fingerprint density at radius 1 is 0.842 bits per heavy atom. The molecule has 0 unspecified atom stereocenters. The van der Waals surface area contributed by atoms with Crippen molar-refractivity contribution in [2.75, 3.05) is 0 Å². The molecular formula is C16H14Cl2O. The molecule has 19 heavy (non-hydrogen) atoms. The Morgan fingerprint density at radius 2 is 1.47 bits per heavy atom. The molecule has 98 valence electrons. The van der Waals surface area contributed by atoms with Crippen LogP contribution in [0.3, 0.4) is 0 Å². The summed E-state index contributed by atoms with van der Waals surface area (Å²) in [5, 5.41) is 1.35. The van der Waals surface area contributed by atoms with E-state index >= 15 is 0 Å². The molecule has 0 N–H and O–H groups in total. The van der Waals surface area contributed by atoms with Crippen LogP contribution in [0.25, 0.3) is 0 Å². The Kier molecular flexibility index (Phi) is 3.98. The van der Waals surface area contributed by atoms with Gasteiger partial charge in [-0.15, -0.1) is 0 Å². The summed E-state index contributed by atoms with van der Waals surface area (Å²) >= 11 is 12.0. The second-order valence-corrected chi connectivity index (χ2v) is 5.52. The molecule has 0 aromatic heterocycles. The molecule has 0 amide bonds. The zero-order valence-electron chi connectivity index (χ0n) is 11.1. The number of hydrogen-bond acceptors (Lipinski definition) is 1. The molecule has 0 fully saturated rings. The molecule has 0 saturated carbocycles. The fraction of sp³-hybridized carbons (Fsp3) is 0.188. The Labute approximate surface area is 123 Å². The summed E-state index contributed by atoms with van der Waals surface area (Å²) in [6, 6.07) is 8.98. The Morgan fingerprint density at radius 3 is 2.11 bits per heavy atom. The van der Waals surface area contributed by atoms with Crippen LogP contribution in [0.15, 0.2) is 30.3 Å². The van der Waals surface area contributed by atoms with E-state index in [1.807, 2.05) is 39.0 Å². The molecule has 0 aliphatic heterocycles. The molecule has 2 aromatic rings. The van der Waals surface area contributed by atoms with Gasteiger partial charge >= 0.3 is 0 Å². The maximum Gasteiger partial charge on any atom is 0.193 e. The molecule has 0 spiro atoms. The summed E-state index contributed by atoms with van der Waals surface area (Å²) in [7, 11) is 0. The van der Waals surface area contributed by atoms with Gasteiger partial charge in [0.15, 0.2) is 5.78 Å². The number of hydrogen-bond donors (Lipinski definition) is 0. The summed E-state index contributed by atoms with van der Waals surface area (Å²) < 4.78 is 0. The first kappa shape index (κ1) is 14.1. The second kappa shape index (κ2) is 5.36. The Hall–Kier alpha value is -1.31. The highest BCUT2D eigenvalue weighted by Crippen LogP contribution is 2.24. The van der Waals surface area contributed by atoms with Crippen LogP contribution < -0.4 is 0 Å². The summed E-state index contributed by atoms with van der Waals surface area (Å²) in [5.74, 6) is -0.00275. The van der Waals surface area contributed by atoms with E-state index in [0.29, 0.717) is 21.2 Å². The monoisotopic (exact) mass is 292 g/mol. The van der Waals surface area contributed by atoms with Crippen molar-refractivity contribution < 1.29 is 4.79 Å². The standard InChI is InChI=1S/C16H14Cl2O/c1-9-8-15(18)11(3)7-13(9)16(19)12-4-5-14(17)10(2)6-12/h4-8H,1-3H3. The van der Waals surface area contributed by atoms with Crippen molar-refractivity contribution in [3.8, 4) is 0 Å². The largest absolute Gasteiger partial charge is 0.289 e. The van der Waals surface area contributed by atoms with E-state index < -0.39 is 0 Å². The van der Waals surface area contributed by atoms with Crippen LogP contribution in [-0.4, -0.2) is 5.78 Å². The number of rotatable bonds is 2.